The molecule has 1 aromatic rings. The Morgan fingerprint density at radius 1 is 1.50 bits per heavy atom. The van der Waals surface area contributed by atoms with Crippen molar-refractivity contribution in [3.05, 3.63) is 17.0 Å². The van der Waals surface area contributed by atoms with Gasteiger partial charge in [-0.25, -0.2) is 4.68 Å². The maximum Gasteiger partial charge on any atom is 0.274 e. The van der Waals surface area contributed by atoms with Gasteiger partial charge in [0.25, 0.3) is 5.91 Å². The molecule has 1 amide bonds. The number of hydrogen-bond acceptors (Lipinski definition) is 3. The van der Waals surface area contributed by atoms with Gasteiger partial charge in [0.05, 0.1) is 0 Å². The molecule has 2 rings (SSSR count). The van der Waals surface area contributed by atoms with E-state index in [9.17, 15) is 4.79 Å². The van der Waals surface area contributed by atoms with E-state index < -0.39 is 0 Å². The second-order valence-corrected chi connectivity index (χ2v) is 4.11. The highest BCUT2D eigenvalue weighted by molar-refractivity contribution is 5.96. The highest BCUT2D eigenvalue weighted by Gasteiger charge is 2.30. The highest BCUT2D eigenvalue weighted by atomic mass is 16.5. The molecule has 2 heterocycles. The van der Waals surface area contributed by atoms with Crippen molar-refractivity contribution < 1.29 is 9.53 Å². The molecule has 88 valence electrons. The molecule has 0 N–H and O–H groups in total. The van der Waals surface area contributed by atoms with Gasteiger partial charge in [-0.3, -0.25) is 4.79 Å². The maximum absolute atomic E-state index is 11.7. The van der Waals surface area contributed by atoms with Gasteiger partial charge in [0.2, 0.25) is 0 Å². The first-order valence-electron chi connectivity index (χ1n) is 5.54. The highest BCUT2D eigenvalue weighted by Crippen LogP contribution is 2.23. The molecule has 1 aromatic heterocycles. The second-order valence-electron chi connectivity index (χ2n) is 4.11. The van der Waals surface area contributed by atoms with Gasteiger partial charge in [-0.15, -0.1) is 0 Å². The molecule has 1 aliphatic rings. The van der Waals surface area contributed by atoms with E-state index in [1.54, 1.807) is 16.6 Å². The maximum atomic E-state index is 11.7. The van der Waals surface area contributed by atoms with Gasteiger partial charge in [0.1, 0.15) is 6.73 Å². The molecule has 0 spiro atoms. The third-order valence-corrected chi connectivity index (χ3v) is 2.84. The van der Waals surface area contributed by atoms with E-state index in [4.69, 9.17) is 4.74 Å². The minimum Gasteiger partial charge on any atom is -0.359 e. The zero-order valence-electron chi connectivity index (χ0n) is 9.99. The van der Waals surface area contributed by atoms with Gasteiger partial charge in [-0.1, -0.05) is 6.92 Å². The van der Waals surface area contributed by atoms with Crippen LogP contribution in [0.25, 0.3) is 0 Å². The standard InChI is InChI=1S/C11H17N3O2/c1-4-5-16-7-14-8(2)9-6-13(3)11(15)10(9)12-14/h4-7H2,1-3H3. The van der Waals surface area contributed by atoms with Crippen molar-refractivity contribution >= 4 is 5.91 Å². The summed E-state index contributed by atoms with van der Waals surface area (Å²) in [5.41, 5.74) is 2.65. The van der Waals surface area contributed by atoms with E-state index in [0.717, 1.165) is 24.3 Å². The molecule has 0 saturated heterocycles. The third kappa shape index (κ3) is 1.71. The van der Waals surface area contributed by atoms with Crippen LogP contribution in [0.2, 0.25) is 0 Å². The molecule has 0 unspecified atom stereocenters. The minimum atomic E-state index is 0.00680. The smallest absolute Gasteiger partial charge is 0.274 e. The zero-order valence-corrected chi connectivity index (χ0v) is 9.99. The predicted octanol–water partition coefficient (Wildman–Crippen LogP) is 1.16. The zero-order chi connectivity index (χ0) is 11.7. The summed E-state index contributed by atoms with van der Waals surface area (Å²) in [7, 11) is 1.79. The van der Waals surface area contributed by atoms with Crippen LogP contribution in [-0.4, -0.2) is 34.2 Å². The normalized spacial score (nSPS) is 14.7. The Labute approximate surface area is 95.0 Å². The Bertz CT molecular complexity index is 412. The number of carbonyl (C=O) groups is 1. The van der Waals surface area contributed by atoms with Crippen LogP contribution >= 0.6 is 0 Å². The Balaban J connectivity index is 2.16. The number of amides is 1. The van der Waals surface area contributed by atoms with E-state index in [1.807, 2.05) is 6.92 Å². The van der Waals surface area contributed by atoms with Gasteiger partial charge in [0.15, 0.2) is 5.69 Å². The van der Waals surface area contributed by atoms with Crippen molar-refractivity contribution in [2.75, 3.05) is 13.7 Å². The largest absolute Gasteiger partial charge is 0.359 e. The third-order valence-electron chi connectivity index (χ3n) is 2.84. The van der Waals surface area contributed by atoms with E-state index >= 15 is 0 Å². The van der Waals surface area contributed by atoms with Crippen LogP contribution < -0.4 is 0 Å². The summed E-state index contributed by atoms with van der Waals surface area (Å²) in [6, 6.07) is 0. The summed E-state index contributed by atoms with van der Waals surface area (Å²) in [5, 5.41) is 4.29. The number of fused-ring (bicyclic) bond motifs is 1. The van der Waals surface area contributed by atoms with Crippen molar-refractivity contribution in [1.29, 1.82) is 0 Å². The number of hydrogen-bond donors (Lipinski definition) is 0. The molecule has 5 heteroatoms. The van der Waals surface area contributed by atoms with Crippen molar-refractivity contribution in [3.63, 3.8) is 0 Å². The van der Waals surface area contributed by atoms with E-state index in [1.165, 1.54) is 0 Å². The lowest BCUT2D eigenvalue weighted by molar-refractivity contribution is 0.0659. The van der Waals surface area contributed by atoms with E-state index in [-0.39, 0.29) is 5.91 Å². The SMILES string of the molecule is CCCOCn1nc2c(c1C)CN(C)C2=O. The first kappa shape index (κ1) is 11.1. The molecule has 0 aromatic carbocycles. The van der Waals surface area contributed by atoms with Crippen molar-refractivity contribution in [2.24, 2.45) is 0 Å². The molecule has 0 atom stereocenters. The van der Waals surface area contributed by atoms with Crippen LogP contribution in [0.5, 0.6) is 0 Å². The van der Waals surface area contributed by atoms with Crippen LogP contribution in [0.4, 0.5) is 0 Å². The molecule has 0 radical (unpaired) electrons. The Morgan fingerprint density at radius 2 is 2.25 bits per heavy atom. The fourth-order valence-corrected chi connectivity index (χ4v) is 1.86. The summed E-state index contributed by atoms with van der Waals surface area (Å²) < 4.78 is 7.19. The van der Waals surface area contributed by atoms with E-state index in [0.29, 0.717) is 19.0 Å². The predicted molar refractivity (Wildman–Crippen MR) is 59.0 cm³/mol. The van der Waals surface area contributed by atoms with Crippen LogP contribution in [0.15, 0.2) is 0 Å². The minimum absolute atomic E-state index is 0.00680. The van der Waals surface area contributed by atoms with Gasteiger partial charge in [-0.2, -0.15) is 5.10 Å². The average molecular weight is 223 g/mol. The number of rotatable bonds is 4. The summed E-state index contributed by atoms with van der Waals surface area (Å²) in [4.78, 5) is 13.4. The van der Waals surface area contributed by atoms with Crippen molar-refractivity contribution in [3.8, 4) is 0 Å². The number of aromatic nitrogens is 2. The Hall–Kier alpha value is -1.36. The van der Waals surface area contributed by atoms with Gasteiger partial charge in [-0.05, 0) is 13.3 Å². The monoisotopic (exact) mass is 223 g/mol. The first-order chi connectivity index (χ1) is 7.65. The lowest BCUT2D eigenvalue weighted by Gasteiger charge is -2.09. The quantitative estimate of drug-likeness (QED) is 0.720. The van der Waals surface area contributed by atoms with Crippen molar-refractivity contribution in [2.45, 2.75) is 33.5 Å². The van der Waals surface area contributed by atoms with Gasteiger partial charge < -0.3 is 9.64 Å². The molecule has 0 aliphatic carbocycles. The molecular formula is C11H17N3O2. The summed E-state index contributed by atoms with van der Waals surface area (Å²) in [6.45, 7) is 5.86. The van der Waals surface area contributed by atoms with Crippen LogP contribution in [0.3, 0.4) is 0 Å². The fourth-order valence-electron chi connectivity index (χ4n) is 1.86. The lowest BCUT2D eigenvalue weighted by atomic mass is 10.2. The van der Waals surface area contributed by atoms with Crippen LogP contribution in [0.1, 0.15) is 35.1 Å². The number of ether oxygens (including phenoxy) is 1. The van der Waals surface area contributed by atoms with Gasteiger partial charge in [0, 0.05) is 31.5 Å². The van der Waals surface area contributed by atoms with Gasteiger partial charge >= 0.3 is 0 Å². The van der Waals surface area contributed by atoms with Crippen LogP contribution in [-0.2, 0) is 18.0 Å². The molecular weight excluding hydrogens is 206 g/mol. The Morgan fingerprint density at radius 3 is 2.88 bits per heavy atom. The second kappa shape index (κ2) is 4.25. The average Bonchev–Trinajstić information content (AvgIpc) is 2.70. The molecule has 16 heavy (non-hydrogen) atoms. The summed E-state index contributed by atoms with van der Waals surface area (Å²) in [5.74, 6) is 0.00680. The molecule has 1 aliphatic heterocycles. The topological polar surface area (TPSA) is 47.4 Å². The fraction of sp³-hybridized carbons (Fsp3) is 0.636. The molecule has 5 nitrogen and oxygen atoms in total. The Kier molecular flexibility index (Phi) is 2.96. The first-order valence-corrected chi connectivity index (χ1v) is 5.54. The summed E-state index contributed by atoms with van der Waals surface area (Å²) in [6.07, 6.45) is 0.988. The van der Waals surface area contributed by atoms with Crippen LogP contribution in [0, 0.1) is 6.92 Å². The number of nitrogens with zero attached hydrogens (tertiary/aromatic N) is 3. The number of carbonyl (C=O) groups excluding carboxylic acids is 1. The molecule has 0 fully saturated rings. The van der Waals surface area contributed by atoms with Crippen molar-refractivity contribution in [1.82, 2.24) is 14.7 Å². The molecule has 0 saturated carbocycles. The molecule has 0 bridgehead atoms. The van der Waals surface area contributed by atoms with E-state index in [2.05, 4.69) is 12.0 Å². The summed E-state index contributed by atoms with van der Waals surface area (Å²) >= 11 is 0. The lowest BCUT2D eigenvalue weighted by Crippen LogP contribution is -2.20.